The molecular formula is C16H18N2O4. The Morgan fingerprint density at radius 2 is 1.91 bits per heavy atom. The molecule has 2 aromatic rings. The van der Waals surface area contributed by atoms with Crippen molar-refractivity contribution in [3.05, 3.63) is 45.8 Å². The standard InChI is InChI=1S/C16H18N2O4/c1-10-11-6-4-5-7-12(11)22-16(21)14(10)15(20)17-9-8-13(19)18(2)3/h4-7H,8-9H2,1-3H3,(H,17,20). The van der Waals surface area contributed by atoms with Crippen molar-refractivity contribution >= 4 is 22.8 Å². The number of nitrogens with one attached hydrogen (secondary N) is 1. The summed E-state index contributed by atoms with van der Waals surface area (Å²) in [7, 11) is 3.29. The summed E-state index contributed by atoms with van der Waals surface area (Å²) in [5, 5.41) is 3.30. The molecule has 1 aromatic carbocycles. The number of amides is 2. The molecule has 0 aliphatic rings. The first-order chi connectivity index (χ1) is 10.4. The van der Waals surface area contributed by atoms with Gasteiger partial charge in [0.05, 0.1) is 0 Å². The van der Waals surface area contributed by atoms with Crippen LogP contribution in [0.25, 0.3) is 11.0 Å². The van der Waals surface area contributed by atoms with Crippen LogP contribution in [0.2, 0.25) is 0 Å². The lowest BCUT2D eigenvalue weighted by Crippen LogP contribution is -2.33. The van der Waals surface area contributed by atoms with Crippen molar-refractivity contribution in [2.75, 3.05) is 20.6 Å². The lowest BCUT2D eigenvalue weighted by molar-refractivity contribution is -0.128. The van der Waals surface area contributed by atoms with Gasteiger partial charge < -0.3 is 14.6 Å². The molecule has 0 radical (unpaired) electrons. The second kappa shape index (κ2) is 6.43. The minimum Gasteiger partial charge on any atom is -0.422 e. The summed E-state index contributed by atoms with van der Waals surface area (Å²) in [6.07, 6.45) is 0.177. The van der Waals surface area contributed by atoms with Gasteiger partial charge in [-0.05, 0) is 18.6 Å². The lowest BCUT2D eigenvalue weighted by atomic mass is 10.1. The normalized spacial score (nSPS) is 10.5. The smallest absolute Gasteiger partial charge is 0.349 e. The molecular weight excluding hydrogens is 284 g/mol. The Hall–Kier alpha value is -2.63. The van der Waals surface area contributed by atoms with Gasteiger partial charge in [-0.2, -0.15) is 0 Å². The Morgan fingerprint density at radius 1 is 1.23 bits per heavy atom. The maximum absolute atomic E-state index is 12.2. The molecule has 0 bridgehead atoms. The zero-order valence-corrected chi connectivity index (χ0v) is 12.8. The van der Waals surface area contributed by atoms with E-state index in [4.69, 9.17) is 4.42 Å². The topological polar surface area (TPSA) is 79.6 Å². The molecule has 0 saturated carbocycles. The molecule has 0 aliphatic carbocycles. The van der Waals surface area contributed by atoms with Gasteiger partial charge in [0, 0.05) is 32.4 Å². The van der Waals surface area contributed by atoms with Gasteiger partial charge in [-0.3, -0.25) is 9.59 Å². The van der Waals surface area contributed by atoms with Crippen LogP contribution in [0, 0.1) is 6.92 Å². The number of fused-ring (bicyclic) bond motifs is 1. The van der Waals surface area contributed by atoms with E-state index < -0.39 is 11.5 Å². The van der Waals surface area contributed by atoms with E-state index in [1.807, 2.05) is 6.07 Å². The lowest BCUT2D eigenvalue weighted by Gasteiger charge is -2.11. The molecule has 1 N–H and O–H groups in total. The Kier molecular flexibility index (Phi) is 4.60. The number of para-hydroxylation sites is 1. The van der Waals surface area contributed by atoms with E-state index >= 15 is 0 Å². The minimum atomic E-state index is -0.673. The number of aryl methyl sites for hydroxylation is 1. The molecule has 1 heterocycles. The van der Waals surface area contributed by atoms with Gasteiger partial charge in [-0.15, -0.1) is 0 Å². The van der Waals surface area contributed by atoms with Gasteiger partial charge in [-0.1, -0.05) is 18.2 Å². The fourth-order valence-electron chi connectivity index (χ4n) is 2.16. The van der Waals surface area contributed by atoms with Crippen molar-refractivity contribution in [3.63, 3.8) is 0 Å². The van der Waals surface area contributed by atoms with Crippen LogP contribution in [-0.2, 0) is 4.79 Å². The highest BCUT2D eigenvalue weighted by atomic mass is 16.4. The van der Waals surface area contributed by atoms with E-state index in [0.717, 1.165) is 5.39 Å². The van der Waals surface area contributed by atoms with Crippen LogP contribution >= 0.6 is 0 Å². The molecule has 0 atom stereocenters. The predicted molar refractivity (Wildman–Crippen MR) is 82.9 cm³/mol. The highest BCUT2D eigenvalue weighted by molar-refractivity contribution is 5.99. The van der Waals surface area contributed by atoms with Crippen molar-refractivity contribution in [2.45, 2.75) is 13.3 Å². The molecule has 6 heteroatoms. The average Bonchev–Trinajstić information content (AvgIpc) is 2.47. The first-order valence-corrected chi connectivity index (χ1v) is 6.92. The number of rotatable bonds is 4. The highest BCUT2D eigenvalue weighted by Crippen LogP contribution is 2.18. The number of carbonyl (C=O) groups excluding carboxylic acids is 2. The van der Waals surface area contributed by atoms with Crippen LogP contribution in [0.4, 0.5) is 0 Å². The fourth-order valence-corrected chi connectivity index (χ4v) is 2.16. The van der Waals surface area contributed by atoms with E-state index in [-0.39, 0.29) is 24.4 Å². The van der Waals surface area contributed by atoms with Gasteiger partial charge in [-0.25, -0.2) is 4.79 Å². The van der Waals surface area contributed by atoms with Crippen LogP contribution in [0.3, 0.4) is 0 Å². The first-order valence-electron chi connectivity index (χ1n) is 6.92. The summed E-state index contributed by atoms with van der Waals surface area (Å²) in [5.74, 6) is -0.619. The fraction of sp³-hybridized carbons (Fsp3) is 0.312. The summed E-state index contributed by atoms with van der Waals surface area (Å²) < 4.78 is 5.17. The Labute approximate surface area is 127 Å². The monoisotopic (exact) mass is 302 g/mol. The second-order valence-electron chi connectivity index (χ2n) is 5.18. The summed E-state index contributed by atoms with van der Waals surface area (Å²) in [6, 6.07) is 7.05. The molecule has 0 unspecified atom stereocenters. The number of hydrogen-bond acceptors (Lipinski definition) is 4. The zero-order valence-electron chi connectivity index (χ0n) is 12.8. The molecule has 2 amide bonds. The van der Waals surface area contributed by atoms with Gasteiger partial charge in [0.2, 0.25) is 5.91 Å². The van der Waals surface area contributed by atoms with Crippen LogP contribution in [0.15, 0.2) is 33.5 Å². The molecule has 0 aliphatic heterocycles. The van der Waals surface area contributed by atoms with E-state index in [2.05, 4.69) is 5.32 Å². The van der Waals surface area contributed by atoms with Crippen molar-refractivity contribution < 1.29 is 14.0 Å². The van der Waals surface area contributed by atoms with Gasteiger partial charge >= 0.3 is 5.63 Å². The van der Waals surface area contributed by atoms with Crippen molar-refractivity contribution in [2.24, 2.45) is 0 Å². The molecule has 0 saturated heterocycles. The maximum atomic E-state index is 12.2. The van der Waals surface area contributed by atoms with E-state index in [9.17, 15) is 14.4 Å². The third kappa shape index (κ3) is 3.16. The van der Waals surface area contributed by atoms with E-state index in [0.29, 0.717) is 11.1 Å². The van der Waals surface area contributed by atoms with Crippen molar-refractivity contribution in [1.82, 2.24) is 10.2 Å². The predicted octanol–water partition coefficient (Wildman–Crippen LogP) is 1.31. The molecule has 22 heavy (non-hydrogen) atoms. The highest BCUT2D eigenvalue weighted by Gasteiger charge is 2.18. The largest absolute Gasteiger partial charge is 0.422 e. The quantitative estimate of drug-likeness (QED) is 0.864. The van der Waals surface area contributed by atoms with Gasteiger partial charge in [0.1, 0.15) is 11.1 Å². The first kappa shape index (κ1) is 15.8. The van der Waals surface area contributed by atoms with Crippen LogP contribution in [0.5, 0.6) is 0 Å². The average molecular weight is 302 g/mol. The number of nitrogens with zero attached hydrogens (tertiary/aromatic N) is 1. The van der Waals surface area contributed by atoms with Crippen LogP contribution < -0.4 is 10.9 Å². The summed E-state index contributed by atoms with van der Waals surface area (Å²) >= 11 is 0. The minimum absolute atomic E-state index is 0.0176. The van der Waals surface area contributed by atoms with E-state index in [1.54, 1.807) is 39.2 Å². The summed E-state index contributed by atoms with van der Waals surface area (Å²) in [4.78, 5) is 37.1. The van der Waals surface area contributed by atoms with Gasteiger partial charge in [0.15, 0.2) is 0 Å². The number of benzene rings is 1. The molecule has 2 rings (SSSR count). The van der Waals surface area contributed by atoms with Gasteiger partial charge in [0.25, 0.3) is 5.91 Å². The molecule has 1 aromatic heterocycles. The second-order valence-corrected chi connectivity index (χ2v) is 5.18. The molecule has 0 spiro atoms. The summed E-state index contributed by atoms with van der Waals surface area (Å²) in [5.41, 5.74) is 0.330. The number of hydrogen-bond donors (Lipinski definition) is 1. The Bertz CT molecular complexity index is 777. The van der Waals surface area contributed by atoms with E-state index in [1.165, 1.54) is 4.90 Å². The SMILES string of the molecule is Cc1c(C(=O)NCCC(=O)N(C)C)c(=O)oc2ccccc12. The van der Waals surface area contributed by atoms with Crippen LogP contribution in [-0.4, -0.2) is 37.4 Å². The molecule has 6 nitrogen and oxygen atoms in total. The Morgan fingerprint density at radius 3 is 2.59 bits per heavy atom. The summed E-state index contributed by atoms with van der Waals surface area (Å²) in [6.45, 7) is 1.88. The molecule has 116 valence electrons. The third-order valence-electron chi connectivity index (χ3n) is 3.42. The maximum Gasteiger partial charge on any atom is 0.349 e. The zero-order chi connectivity index (χ0) is 16.3. The Balaban J connectivity index is 2.21. The number of carbonyl (C=O) groups is 2. The van der Waals surface area contributed by atoms with Crippen molar-refractivity contribution in [3.8, 4) is 0 Å². The molecule has 0 fully saturated rings. The third-order valence-corrected chi connectivity index (χ3v) is 3.42. The van der Waals surface area contributed by atoms with Crippen LogP contribution in [0.1, 0.15) is 22.3 Å². The van der Waals surface area contributed by atoms with Crippen molar-refractivity contribution in [1.29, 1.82) is 0 Å².